The molecule has 0 bridgehead atoms. The van der Waals surface area contributed by atoms with Crippen LogP contribution in [0.1, 0.15) is 16.3 Å². The maximum absolute atomic E-state index is 5.86. The smallest absolute Gasteiger partial charge is 0.224 e. The van der Waals surface area contributed by atoms with E-state index in [1.165, 1.54) is 5.56 Å². The average molecular weight is 345 g/mol. The van der Waals surface area contributed by atoms with E-state index in [9.17, 15) is 0 Å². The summed E-state index contributed by atoms with van der Waals surface area (Å²) in [5.41, 5.74) is 4.33. The van der Waals surface area contributed by atoms with E-state index in [1.54, 1.807) is 11.3 Å². The van der Waals surface area contributed by atoms with E-state index in [4.69, 9.17) is 11.6 Å². The van der Waals surface area contributed by atoms with Gasteiger partial charge in [0.15, 0.2) is 0 Å². The van der Waals surface area contributed by atoms with Gasteiger partial charge in [-0.1, -0.05) is 24.3 Å². The molecule has 0 saturated carbocycles. The summed E-state index contributed by atoms with van der Waals surface area (Å²) in [6, 6.07) is 10.4. The van der Waals surface area contributed by atoms with Crippen molar-refractivity contribution >= 4 is 28.8 Å². The number of benzene rings is 1. The van der Waals surface area contributed by atoms with Crippen LogP contribution in [-0.2, 0) is 6.42 Å². The molecule has 4 nitrogen and oxygen atoms in total. The number of aromatic nitrogens is 3. The van der Waals surface area contributed by atoms with Gasteiger partial charge in [-0.15, -0.1) is 11.3 Å². The van der Waals surface area contributed by atoms with Crippen molar-refractivity contribution in [1.82, 2.24) is 15.0 Å². The maximum Gasteiger partial charge on any atom is 0.224 e. The zero-order valence-electron chi connectivity index (χ0n) is 13.0. The van der Waals surface area contributed by atoms with Gasteiger partial charge < -0.3 is 5.32 Å². The van der Waals surface area contributed by atoms with Crippen LogP contribution in [0.5, 0.6) is 0 Å². The second-order valence-corrected chi connectivity index (χ2v) is 6.69. The molecule has 1 aromatic carbocycles. The van der Waals surface area contributed by atoms with Gasteiger partial charge in [0.1, 0.15) is 5.82 Å². The van der Waals surface area contributed by atoms with E-state index in [1.807, 2.05) is 19.9 Å². The number of nitrogens with one attached hydrogen (secondary N) is 1. The number of aryl methyl sites for hydroxylation is 2. The number of hydrogen-bond acceptors (Lipinski definition) is 5. The Bertz CT molecular complexity index is 778. The highest BCUT2D eigenvalue weighted by molar-refractivity contribution is 7.09. The molecule has 0 atom stereocenters. The predicted molar refractivity (Wildman–Crippen MR) is 96.3 cm³/mol. The molecule has 2 aromatic heterocycles. The summed E-state index contributed by atoms with van der Waals surface area (Å²) in [5, 5.41) is 6.73. The Balaban J connectivity index is 1.58. The molecule has 3 aromatic rings. The highest BCUT2D eigenvalue weighted by Gasteiger charge is 2.03. The largest absolute Gasteiger partial charge is 0.370 e. The average Bonchev–Trinajstić information content (AvgIpc) is 2.93. The number of nitrogens with zero attached hydrogens (tertiary/aromatic N) is 3. The molecule has 0 aliphatic carbocycles. The molecular formula is C17H17ClN4S. The SMILES string of the molecule is Cc1cc(NCCc2ccc(-c3csc(C)n3)cc2)nc(Cl)n1. The normalized spacial score (nSPS) is 10.7. The summed E-state index contributed by atoms with van der Waals surface area (Å²) >= 11 is 7.53. The van der Waals surface area contributed by atoms with Crippen molar-refractivity contribution in [3.63, 3.8) is 0 Å². The Morgan fingerprint density at radius 3 is 2.52 bits per heavy atom. The molecule has 2 heterocycles. The second-order valence-electron chi connectivity index (χ2n) is 5.29. The Morgan fingerprint density at radius 1 is 1.09 bits per heavy atom. The summed E-state index contributed by atoms with van der Waals surface area (Å²) in [7, 11) is 0. The van der Waals surface area contributed by atoms with E-state index in [0.717, 1.165) is 40.7 Å². The standard InChI is InChI=1S/C17H17ClN4S/c1-11-9-16(22-17(18)20-11)19-8-7-13-3-5-14(6-4-13)15-10-23-12(2)21-15/h3-6,9-10H,7-8H2,1-2H3,(H,19,20,22). The van der Waals surface area contributed by atoms with E-state index in [-0.39, 0.29) is 5.28 Å². The number of anilines is 1. The first-order valence-electron chi connectivity index (χ1n) is 7.36. The quantitative estimate of drug-likeness (QED) is 0.691. The van der Waals surface area contributed by atoms with Crippen LogP contribution < -0.4 is 5.32 Å². The summed E-state index contributed by atoms with van der Waals surface area (Å²) in [6.07, 6.45) is 0.914. The van der Waals surface area contributed by atoms with Gasteiger partial charge in [-0.05, 0) is 37.4 Å². The first-order valence-corrected chi connectivity index (χ1v) is 8.62. The summed E-state index contributed by atoms with van der Waals surface area (Å²) < 4.78 is 0. The number of rotatable bonds is 5. The third-order valence-electron chi connectivity index (χ3n) is 3.42. The molecule has 3 rings (SSSR count). The van der Waals surface area contributed by atoms with Crippen LogP contribution >= 0.6 is 22.9 Å². The highest BCUT2D eigenvalue weighted by atomic mass is 35.5. The van der Waals surface area contributed by atoms with E-state index < -0.39 is 0 Å². The summed E-state index contributed by atoms with van der Waals surface area (Å²) in [4.78, 5) is 12.7. The Hall–Kier alpha value is -1.98. The van der Waals surface area contributed by atoms with Crippen LogP contribution in [0.15, 0.2) is 35.7 Å². The lowest BCUT2D eigenvalue weighted by molar-refractivity contribution is 0.993. The fourth-order valence-corrected chi connectivity index (χ4v) is 3.14. The van der Waals surface area contributed by atoms with Crippen LogP contribution in [0.4, 0.5) is 5.82 Å². The van der Waals surface area contributed by atoms with Crippen LogP contribution in [0.3, 0.4) is 0 Å². The van der Waals surface area contributed by atoms with Crippen molar-refractivity contribution in [1.29, 1.82) is 0 Å². The second kappa shape index (κ2) is 7.06. The van der Waals surface area contributed by atoms with Crippen molar-refractivity contribution in [2.45, 2.75) is 20.3 Å². The summed E-state index contributed by atoms with van der Waals surface area (Å²) in [5.74, 6) is 0.761. The third kappa shape index (κ3) is 4.27. The Kier molecular flexibility index (Phi) is 4.88. The molecule has 23 heavy (non-hydrogen) atoms. The Morgan fingerprint density at radius 2 is 1.87 bits per heavy atom. The van der Waals surface area contributed by atoms with Crippen LogP contribution in [0.25, 0.3) is 11.3 Å². The minimum Gasteiger partial charge on any atom is -0.370 e. The van der Waals surface area contributed by atoms with Gasteiger partial charge in [-0.25, -0.2) is 15.0 Å². The van der Waals surface area contributed by atoms with Gasteiger partial charge in [0.05, 0.1) is 10.7 Å². The molecule has 0 unspecified atom stereocenters. The van der Waals surface area contributed by atoms with Gasteiger partial charge in [0.2, 0.25) is 5.28 Å². The lowest BCUT2D eigenvalue weighted by atomic mass is 10.1. The lowest BCUT2D eigenvalue weighted by Crippen LogP contribution is -2.07. The first-order chi connectivity index (χ1) is 11.1. The fraction of sp³-hybridized carbons (Fsp3) is 0.235. The number of thiazole rings is 1. The van der Waals surface area contributed by atoms with Crippen LogP contribution in [0.2, 0.25) is 5.28 Å². The van der Waals surface area contributed by atoms with Gasteiger partial charge >= 0.3 is 0 Å². The van der Waals surface area contributed by atoms with Crippen LogP contribution in [-0.4, -0.2) is 21.5 Å². The number of halogens is 1. The van der Waals surface area contributed by atoms with Crippen molar-refractivity contribution in [3.8, 4) is 11.3 Å². The van der Waals surface area contributed by atoms with Gasteiger partial charge in [0, 0.05) is 29.2 Å². The molecule has 0 aliphatic rings. The predicted octanol–water partition coefficient (Wildman–Crippen LogP) is 4.52. The molecular weight excluding hydrogens is 328 g/mol. The van der Waals surface area contributed by atoms with Crippen molar-refractivity contribution < 1.29 is 0 Å². The maximum atomic E-state index is 5.86. The van der Waals surface area contributed by atoms with Gasteiger partial charge in [0.25, 0.3) is 0 Å². The molecule has 1 N–H and O–H groups in total. The lowest BCUT2D eigenvalue weighted by Gasteiger charge is -2.07. The summed E-state index contributed by atoms with van der Waals surface area (Å²) in [6.45, 7) is 4.72. The molecule has 0 radical (unpaired) electrons. The minimum absolute atomic E-state index is 0.274. The highest BCUT2D eigenvalue weighted by Crippen LogP contribution is 2.22. The van der Waals surface area contributed by atoms with Crippen molar-refractivity contribution in [2.75, 3.05) is 11.9 Å². The van der Waals surface area contributed by atoms with Crippen LogP contribution in [0, 0.1) is 13.8 Å². The molecule has 0 spiro atoms. The third-order valence-corrected chi connectivity index (χ3v) is 4.36. The van der Waals surface area contributed by atoms with Crippen molar-refractivity contribution in [2.24, 2.45) is 0 Å². The zero-order chi connectivity index (χ0) is 16.2. The Labute approximate surface area is 144 Å². The van der Waals surface area contributed by atoms with E-state index in [0.29, 0.717) is 0 Å². The minimum atomic E-state index is 0.274. The molecule has 0 amide bonds. The van der Waals surface area contributed by atoms with Crippen molar-refractivity contribution in [3.05, 3.63) is 57.3 Å². The van der Waals surface area contributed by atoms with Gasteiger partial charge in [-0.2, -0.15) is 0 Å². The molecule has 0 aliphatic heterocycles. The van der Waals surface area contributed by atoms with E-state index >= 15 is 0 Å². The molecule has 0 saturated heterocycles. The monoisotopic (exact) mass is 344 g/mol. The number of hydrogen-bond donors (Lipinski definition) is 1. The van der Waals surface area contributed by atoms with Gasteiger partial charge in [-0.3, -0.25) is 0 Å². The molecule has 0 fully saturated rings. The van der Waals surface area contributed by atoms with E-state index in [2.05, 4.69) is 49.9 Å². The fourth-order valence-electron chi connectivity index (χ4n) is 2.30. The molecule has 118 valence electrons. The molecule has 6 heteroatoms. The zero-order valence-corrected chi connectivity index (χ0v) is 14.6. The first kappa shape index (κ1) is 15.9. The topological polar surface area (TPSA) is 50.7 Å².